The monoisotopic (exact) mass is 563 g/mol. The number of rotatable bonds is 11. The third kappa shape index (κ3) is 7.86. The fourth-order valence-electron chi connectivity index (χ4n) is 3.49. The first kappa shape index (κ1) is 27.7. The summed E-state index contributed by atoms with van der Waals surface area (Å²) >= 11 is 7.34. The molecule has 0 unspecified atom stereocenters. The van der Waals surface area contributed by atoms with Gasteiger partial charge in [-0.05, 0) is 55.3 Å². The van der Waals surface area contributed by atoms with E-state index in [9.17, 15) is 9.59 Å². The normalized spacial score (nSPS) is 10.8. The Labute approximate surface area is 234 Å². The number of ether oxygens (including phenoxy) is 2. The molecule has 200 valence electrons. The standard InChI is InChI=1S/C28H26ClN5O4S/c1-3-37-24-14-19(12-13-23(24)38-17-20-9-5-7-11-22(20)29)16-30-32-25(35)15-26-33-34-28(39-26)31-27(36)21-10-6-4-8-18(21)2/h4-14,16H,3,15,17H2,1-2H3,(H,32,35)(H,31,34,36)/b30-16-. The van der Waals surface area contributed by atoms with Crippen LogP contribution < -0.4 is 20.2 Å². The predicted molar refractivity (Wildman–Crippen MR) is 152 cm³/mol. The van der Waals surface area contributed by atoms with Crippen LogP contribution in [-0.2, 0) is 17.8 Å². The molecule has 0 aliphatic carbocycles. The second-order valence-corrected chi connectivity index (χ2v) is 9.73. The van der Waals surface area contributed by atoms with E-state index in [2.05, 4.69) is 26.0 Å². The summed E-state index contributed by atoms with van der Waals surface area (Å²) in [4.78, 5) is 24.8. The number of nitrogens with one attached hydrogen (secondary N) is 2. The van der Waals surface area contributed by atoms with Gasteiger partial charge in [0.05, 0.1) is 19.2 Å². The molecule has 0 atom stereocenters. The van der Waals surface area contributed by atoms with E-state index in [1.54, 1.807) is 30.3 Å². The second kappa shape index (κ2) is 13.5. The van der Waals surface area contributed by atoms with E-state index in [-0.39, 0.29) is 18.2 Å². The van der Waals surface area contributed by atoms with Gasteiger partial charge >= 0.3 is 0 Å². The van der Waals surface area contributed by atoms with Gasteiger partial charge in [0.15, 0.2) is 11.5 Å². The predicted octanol–water partition coefficient (Wildman–Crippen LogP) is 5.42. The van der Waals surface area contributed by atoms with Crippen LogP contribution in [0.15, 0.2) is 71.8 Å². The van der Waals surface area contributed by atoms with Crippen molar-refractivity contribution in [3.05, 3.63) is 99.0 Å². The molecule has 9 nitrogen and oxygen atoms in total. The van der Waals surface area contributed by atoms with Gasteiger partial charge in [-0.25, -0.2) is 5.43 Å². The number of amides is 2. The fraction of sp³-hybridized carbons (Fsp3) is 0.179. The Morgan fingerprint density at radius 2 is 1.82 bits per heavy atom. The first-order chi connectivity index (χ1) is 18.9. The number of aryl methyl sites for hydroxylation is 1. The highest BCUT2D eigenvalue weighted by Crippen LogP contribution is 2.29. The third-order valence-corrected chi connectivity index (χ3v) is 6.61. The molecule has 0 aliphatic heterocycles. The Kier molecular flexibility index (Phi) is 9.60. The quantitative estimate of drug-likeness (QED) is 0.186. The van der Waals surface area contributed by atoms with Crippen molar-refractivity contribution in [1.29, 1.82) is 0 Å². The molecule has 11 heteroatoms. The average Bonchev–Trinajstić information content (AvgIpc) is 3.35. The molecule has 0 saturated heterocycles. The molecule has 4 aromatic rings. The zero-order valence-electron chi connectivity index (χ0n) is 21.3. The number of anilines is 1. The fourth-order valence-corrected chi connectivity index (χ4v) is 4.41. The number of carbonyl (C=O) groups is 2. The van der Waals surface area contributed by atoms with E-state index in [4.69, 9.17) is 21.1 Å². The Morgan fingerprint density at radius 1 is 1.03 bits per heavy atom. The third-order valence-electron chi connectivity index (χ3n) is 5.40. The Morgan fingerprint density at radius 3 is 2.62 bits per heavy atom. The Bertz CT molecular complexity index is 1490. The minimum Gasteiger partial charge on any atom is -0.490 e. The number of hydrazone groups is 1. The molecule has 1 heterocycles. The summed E-state index contributed by atoms with van der Waals surface area (Å²) in [6.45, 7) is 4.49. The number of halogens is 1. The van der Waals surface area contributed by atoms with E-state index in [1.165, 1.54) is 6.21 Å². The zero-order chi connectivity index (χ0) is 27.6. The highest BCUT2D eigenvalue weighted by molar-refractivity contribution is 7.15. The molecule has 0 bridgehead atoms. The first-order valence-corrected chi connectivity index (χ1v) is 13.3. The molecule has 2 amide bonds. The Balaban J connectivity index is 1.30. The van der Waals surface area contributed by atoms with Gasteiger partial charge in [0.25, 0.3) is 5.91 Å². The molecule has 0 spiro atoms. The van der Waals surface area contributed by atoms with Crippen molar-refractivity contribution in [2.24, 2.45) is 5.10 Å². The highest BCUT2D eigenvalue weighted by atomic mass is 35.5. The average molecular weight is 564 g/mol. The summed E-state index contributed by atoms with van der Waals surface area (Å²) in [7, 11) is 0. The van der Waals surface area contributed by atoms with Gasteiger partial charge in [0, 0.05) is 16.1 Å². The molecule has 1 aromatic heterocycles. The largest absolute Gasteiger partial charge is 0.490 e. The van der Waals surface area contributed by atoms with Gasteiger partial charge in [-0.1, -0.05) is 59.3 Å². The SMILES string of the molecule is CCOc1cc(/C=N\NC(=O)Cc2nnc(NC(=O)c3ccccc3C)s2)ccc1OCc1ccccc1Cl. The van der Waals surface area contributed by atoms with Crippen LogP contribution in [0.5, 0.6) is 11.5 Å². The summed E-state index contributed by atoms with van der Waals surface area (Å²) < 4.78 is 11.6. The van der Waals surface area contributed by atoms with Gasteiger partial charge in [0.1, 0.15) is 11.6 Å². The zero-order valence-corrected chi connectivity index (χ0v) is 22.9. The van der Waals surface area contributed by atoms with Crippen molar-refractivity contribution in [2.45, 2.75) is 26.9 Å². The van der Waals surface area contributed by atoms with Gasteiger partial charge in [0.2, 0.25) is 11.0 Å². The van der Waals surface area contributed by atoms with Crippen LogP contribution in [0, 0.1) is 6.92 Å². The van der Waals surface area contributed by atoms with E-state index in [1.807, 2.05) is 50.2 Å². The lowest BCUT2D eigenvalue weighted by molar-refractivity contribution is -0.120. The number of aromatic nitrogens is 2. The number of nitrogens with zero attached hydrogens (tertiary/aromatic N) is 3. The molecular formula is C28H26ClN5O4S. The maximum Gasteiger partial charge on any atom is 0.257 e. The smallest absolute Gasteiger partial charge is 0.257 e. The van der Waals surface area contributed by atoms with E-state index < -0.39 is 0 Å². The molecule has 4 rings (SSSR count). The summed E-state index contributed by atoms with van der Waals surface area (Å²) in [5.41, 5.74) is 5.45. The summed E-state index contributed by atoms with van der Waals surface area (Å²) in [6.07, 6.45) is 1.47. The van der Waals surface area contributed by atoms with Gasteiger partial charge in [-0.15, -0.1) is 10.2 Å². The van der Waals surface area contributed by atoms with Crippen LogP contribution in [-0.4, -0.2) is 34.8 Å². The van der Waals surface area contributed by atoms with Crippen LogP contribution in [0.2, 0.25) is 5.02 Å². The molecule has 0 aliphatic rings. The minimum atomic E-state index is -0.371. The van der Waals surface area contributed by atoms with Gasteiger partial charge in [-0.2, -0.15) is 5.10 Å². The topological polar surface area (TPSA) is 115 Å². The van der Waals surface area contributed by atoms with Crippen molar-refractivity contribution >= 4 is 46.1 Å². The number of benzene rings is 3. The maximum absolute atomic E-state index is 12.5. The lowest BCUT2D eigenvalue weighted by Gasteiger charge is -2.13. The highest BCUT2D eigenvalue weighted by Gasteiger charge is 2.14. The van der Waals surface area contributed by atoms with Crippen LogP contribution in [0.4, 0.5) is 5.13 Å². The number of hydrogen-bond donors (Lipinski definition) is 2. The van der Waals surface area contributed by atoms with Crippen molar-refractivity contribution in [3.63, 3.8) is 0 Å². The van der Waals surface area contributed by atoms with E-state index >= 15 is 0 Å². The van der Waals surface area contributed by atoms with E-state index in [0.29, 0.717) is 51.0 Å². The molecule has 0 radical (unpaired) electrons. The van der Waals surface area contributed by atoms with Crippen molar-refractivity contribution in [1.82, 2.24) is 15.6 Å². The lowest BCUT2D eigenvalue weighted by Crippen LogP contribution is -2.19. The summed E-state index contributed by atoms with van der Waals surface area (Å²) in [6, 6.07) is 20.1. The van der Waals surface area contributed by atoms with Gasteiger partial charge < -0.3 is 9.47 Å². The lowest BCUT2D eigenvalue weighted by atomic mass is 10.1. The van der Waals surface area contributed by atoms with Crippen LogP contribution in [0.25, 0.3) is 0 Å². The van der Waals surface area contributed by atoms with Gasteiger partial charge in [-0.3, -0.25) is 14.9 Å². The van der Waals surface area contributed by atoms with Crippen molar-refractivity contribution in [2.75, 3.05) is 11.9 Å². The van der Waals surface area contributed by atoms with E-state index in [0.717, 1.165) is 22.5 Å². The maximum atomic E-state index is 12.5. The number of carbonyl (C=O) groups excluding carboxylic acids is 2. The van der Waals surface area contributed by atoms with Crippen LogP contribution >= 0.6 is 22.9 Å². The molecule has 0 saturated carbocycles. The van der Waals surface area contributed by atoms with Crippen LogP contribution in [0.3, 0.4) is 0 Å². The van der Waals surface area contributed by atoms with Crippen molar-refractivity contribution in [3.8, 4) is 11.5 Å². The second-order valence-electron chi connectivity index (χ2n) is 8.26. The summed E-state index contributed by atoms with van der Waals surface area (Å²) in [5.74, 6) is 0.467. The van der Waals surface area contributed by atoms with Crippen molar-refractivity contribution < 1.29 is 19.1 Å². The minimum absolute atomic E-state index is 0.0335. The molecule has 0 fully saturated rings. The molecule has 3 aromatic carbocycles. The first-order valence-electron chi connectivity index (χ1n) is 12.1. The van der Waals surface area contributed by atoms with Crippen LogP contribution in [0.1, 0.15) is 39.0 Å². The molecule has 39 heavy (non-hydrogen) atoms. The summed E-state index contributed by atoms with van der Waals surface area (Å²) in [5, 5.41) is 16.1. The molecule has 2 N–H and O–H groups in total. The Hall–Kier alpha value is -4.28. The number of hydrogen-bond acceptors (Lipinski definition) is 8. The molecular weight excluding hydrogens is 538 g/mol.